The molecule has 2 rings (SSSR count). The summed E-state index contributed by atoms with van der Waals surface area (Å²) in [6.45, 7) is 2.40. The Labute approximate surface area is 78.8 Å². The van der Waals surface area contributed by atoms with E-state index >= 15 is 0 Å². The van der Waals surface area contributed by atoms with E-state index in [9.17, 15) is 4.79 Å². The fourth-order valence-corrected chi connectivity index (χ4v) is 2.36. The minimum atomic E-state index is 0.0846. The van der Waals surface area contributed by atoms with Crippen molar-refractivity contribution in [2.75, 3.05) is 6.61 Å². The highest BCUT2D eigenvalue weighted by Crippen LogP contribution is 2.42. The molecule has 1 saturated carbocycles. The Morgan fingerprint density at radius 2 is 2.31 bits per heavy atom. The van der Waals surface area contributed by atoms with Crippen LogP contribution >= 0.6 is 0 Å². The molecule has 1 atom stereocenters. The van der Waals surface area contributed by atoms with Gasteiger partial charge in [-0.2, -0.15) is 0 Å². The Hall–Kier alpha value is -0.570. The fourth-order valence-electron chi connectivity index (χ4n) is 2.36. The molecule has 0 aromatic heterocycles. The van der Waals surface area contributed by atoms with E-state index in [0.717, 1.165) is 19.4 Å². The topological polar surface area (TPSA) is 38.3 Å². The highest BCUT2D eigenvalue weighted by molar-refractivity contribution is 5.73. The van der Waals surface area contributed by atoms with E-state index in [-0.39, 0.29) is 11.5 Å². The van der Waals surface area contributed by atoms with Crippen LogP contribution in [0.15, 0.2) is 0 Å². The molecule has 0 aromatic rings. The van der Waals surface area contributed by atoms with Crippen molar-refractivity contribution in [3.63, 3.8) is 0 Å². The Kier molecular flexibility index (Phi) is 2.28. The molecule has 1 aliphatic heterocycles. The van der Waals surface area contributed by atoms with Crippen LogP contribution < -0.4 is 5.32 Å². The highest BCUT2D eigenvalue weighted by Gasteiger charge is 2.42. The minimum Gasteiger partial charge on any atom is -0.375 e. The molecule has 0 radical (unpaired) electrons. The molecule has 2 fully saturated rings. The van der Waals surface area contributed by atoms with Crippen LogP contribution in [0.25, 0.3) is 0 Å². The van der Waals surface area contributed by atoms with E-state index in [1.165, 1.54) is 19.3 Å². The van der Waals surface area contributed by atoms with Gasteiger partial charge in [0, 0.05) is 19.6 Å². The fraction of sp³-hybridized carbons (Fsp3) is 0.900. The summed E-state index contributed by atoms with van der Waals surface area (Å²) in [5, 5.41) is 2.99. The van der Waals surface area contributed by atoms with Crippen LogP contribution in [0.2, 0.25) is 0 Å². The van der Waals surface area contributed by atoms with Crippen molar-refractivity contribution in [2.45, 2.75) is 50.7 Å². The molecule has 3 nitrogen and oxygen atoms in total. The summed E-state index contributed by atoms with van der Waals surface area (Å²) >= 11 is 0. The van der Waals surface area contributed by atoms with Gasteiger partial charge in [-0.3, -0.25) is 4.79 Å². The number of amides is 1. The molecule has 1 heterocycles. The van der Waals surface area contributed by atoms with Crippen LogP contribution in [-0.4, -0.2) is 24.2 Å². The maximum absolute atomic E-state index is 10.9. The van der Waals surface area contributed by atoms with Crippen LogP contribution in [0.3, 0.4) is 0 Å². The van der Waals surface area contributed by atoms with Gasteiger partial charge in [0.2, 0.25) is 5.91 Å². The van der Waals surface area contributed by atoms with E-state index in [0.29, 0.717) is 6.04 Å². The van der Waals surface area contributed by atoms with Crippen molar-refractivity contribution in [3.8, 4) is 0 Å². The number of ether oxygens (including phenoxy) is 1. The second-order valence-corrected chi connectivity index (χ2v) is 4.28. The first-order valence-electron chi connectivity index (χ1n) is 5.11. The van der Waals surface area contributed by atoms with E-state index in [2.05, 4.69) is 5.32 Å². The summed E-state index contributed by atoms with van der Waals surface area (Å²) in [4.78, 5) is 10.9. The number of carbonyl (C=O) groups is 1. The molecule has 13 heavy (non-hydrogen) atoms. The Balaban J connectivity index is 1.88. The monoisotopic (exact) mass is 183 g/mol. The van der Waals surface area contributed by atoms with Gasteiger partial charge >= 0.3 is 0 Å². The summed E-state index contributed by atoms with van der Waals surface area (Å²) < 4.78 is 5.76. The van der Waals surface area contributed by atoms with Crippen molar-refractivity contribution in [2.24, 2.45) is 0 Å². The lowest BCUT2D eigenvalue weighted by Gasteiger charge is -2.47. The third-order valence-electron chi connectivity index (χ3n) is 3.17. The van der Waals surface area contributed by atoms with Gasteiger partial charge in [0.1, 0.15) is 0 Å². The number of nitrogens with one attached hydrogen (secondary N) is 1. The van der Waals surface area contributed by atoms with Gasteiger partial charge in [0.15, 0.2) is 0 Å². The van der Waals surface area contributed by atoms with E-state index in [1.54, 1.807) is 6.92 Å². The van der Waals surface area contributed by atoms with E-state index < -0.39 is 0 Å². The standard InChI is InChI=1S/C10H17NO2/c1-8(12)11-9-3-6-13-10(7-9)4-2-5-10/h9H,2-7H2,1H3,(H,11,12). The normalized spacial score (nSPS) is 31.0. The summed E-state index contributed by atoms with van der Waals surface area (Å²) in [5.41, 5.74) is 0.144. The number of carbonyl (C=O) groups excluding carboxylic acids is 1. The average Bonchev–Trinajstić information content (AvgIpc) is 2.01. The molecule has 1 N–H and O–H groups in total. The molecule has 1 amide bonds. The zero-order chi connectivity index (χ0) is 9.31. The van der Waals surface area contributed by atoms with Gasteiger partial charge in [0.05, 0.1) is 5.60 Å². The maximum Gasteiger partial charge on any atom is 0.217 e. The zero-order valence-electron chi connectivity index (χ0n) is 8.14. The molecule has 1 unspecified atom stereocenters. The molecule has 3 heteroatoms. The molecule has 1 aliphatic carbocycles. The van der Waals surface area contributed by atoms with Crippen LogP contribution in [0, 0.1) is 0 Å². The molecule has 2 aliphatic rings. The largest absolute Gasteiger partial charge is 0.375 e. The minimum absolute atomic E-state index is 0.0846. The molecule has 1 spiro atoms. The van der Waals surface area contributed by atoms with Gasteiger partial charge in [-0.05, 0) is 32.1 Å². The molecular formula is C10H17NO2. The zero-order valence-corrected chi connectivity index (χ0v) is 8.14. The van der Waals surface area contributed by atoms with Crippen LogP contribution in [0.4, 0.5) is 0 Å². The maximum atomic E-state index is 10.9. The first-order valence-corrected chi connectivity index (χ1v) is 5.11. The molecule has 74 valence electrons. The van der Waals surface area contributed by atoms with Gasteiger partial charge in [-0.1, -0.05) is 0 Å². The van der Waals surface area contributed by atoms with Crippen LogP contribution in [0.1, 0.15) is 39.0 Å². The SMILES string of the molecule is CC(=O)NC1CCOC2(CCC2)C1. The smallest absolute Gasteiger partial charge is 0.217 e. The first-order chi connectivity index (χ1) is 6.20. The quantitative estimate of drug-likeness (QED) is 0.664. The molecular weight excluding hydrogens is 166 g/mol. The lowest BCUT2D eigenvalue weighted by molar-refractivity contribution is -0.140. The van der Waals surface area contributed by atoms with Gasteiger partial charge in [-0.25, -0.2) is 0 Å². The van der Waals surface area contributed by atoms with Gasteiger partial charge < -0.3 is 10.1 Å². The van der Waals surface area contributed by atoms with Gasteiger partial charge in [-0.15, -0.1) is 0 Å². The van der Waals surface area contributed by atoms with Crippen LogP contribution in [0.5, 0.6) is 0 Å². The van der Waals surface area contributed by atoms with Gasteiger partial charge in [0.25, 0.3) is 0 Å². The summed E-state index contributed by atoms with van der Waals surface area (Å²) in [7, 11) is 0. The predicted molar refractivity (Wildman–Crippen MR) is 49.4 cm³/mol. The van der Waals surface area contributed by atoms with Crippen molar-refractivity contribution < 1.29 is 9.53 Å². The molecule has 0 aromatic carbocycles. The van der Waals surface area contributed by atoms with Crippen molar-refractivity contribution >= 4 is 5.91 Å². The summed E-state index contributed by atoms with van der Waals surface area (Å²) in [5.74, 6) is 0.0846. The third kappa shape index (κ3) is 1.85. The lowest BCUT2D eigenvalue weighted by Crippen LogP contribution is -2.51. The second kappa shape index (κ2) is 3.29. The lowest BCUT2D eigenvalue weighted by atomic mass is 9.74. The van der Waals surface area contributed by atoms with Crippen molar-refractivity contribution in [1.29, 1.82) is 0 Å². The van der Waals surface area contributed by atoms with Crippen molar-refractivity contribution in [1.82, 2.24) is 5.32 Å². The Bertz CT molecular complexity index is 211. The number of rotatable bonds is 1. The number of hydrogen-bond donors (Lipinski definition) is 1. The molecule has 1 saturated heterocycles. The Morgan fingerprint density at radius 1 is 1.54 bits per heavy atom. The Morgan fingerprint density at radius 3 is 2.85 bits per heavy atom. The predicted octanol–water partition coefficient (Wildman–Crippen LogP) is 1.22. The molecule has 0 bridgehead atoms. The second-order valence-electron chi connectivity index (χ2n) is 4.28. The van der Waals surface area contributed by atoms with E-state index in [4.69, 9.17) is 4.74 Å². The first kappa shape index (κ1) is 9.00. The third-order valence-corrected chi connectivity index (χ3v) is 3.17. The van der Waals surface area contributed by atoms with Crippen molar-refractivity contribution in [3.05, 3.63) is 0 Å². The summed E-state index contributed by atoms with van der Waals surface area (Å²) in [6.07, 6.45) is 5.65. The van der Waals surface area contributed by atoms with E-state index in [1.807, 2.05) is 0 Å². The van der Waals surface area contributed by atoms with Crippen LogP contribution in [-0.2, 0) is 9.53 Å². The average molecular weight is 183 g/mol. The number of hydrogen-bond acceptors (Lipinski definition) is 2. The highest BCUT2D eigenvalue weighted by atomic mass is 16.5. The summed E-state index contributed by atoms with van der Waals surface area (Å²) in [6, 6.07) is 0.353.